The number of aliphatic hydroxyl groups is 1. The van der Waals surface area contributed by atoms with Gasteiger partial charge < -0.3 is 19.9 Å². The van der Waals surface area contributed by atoms with Crippen LogP contribution in [0.2, 0.25) is 0 Å². The van der Waals surface area contributed by atoms with Crippen molar-refractivity contribution in [3.05, 3.63) is 58.7 Å². The number of nitrogens with one attached hydrogen (secondary N) is 1. The van der Waals surface area contributed by atoms with Gasteiger partial charge in [0.25, 0.3) is 0 Å². The number of hydrogen-bond donors (Lipinski definition) is 2. The lowest BCUT2D eigenvalue weighted by Gasteiger charge is -2.27. The summed E-state index contributed by atoms with van der Waals surface area (Å²) in [6, 6.07) is 14.0. The molecule has 0 amide bonds. The first-order chi connectivity index (χ1) is 14.7. The van der Waals surface area contributed by atoms with Crippen LogP contribution in [0.15, 0.2) is 36.4 Å². The molecule has 30 heavy (non-hydrogen) atoms. The summed E-state index contributed by atoms with van der Waals surface area (Å²) in [5, 5.41) is 13.6. The molecule has 0 bridgehead atoms. The molecule has 5 nitrogen and oxygen atoms in total. The van der Waals surface area contributed by atoms with E-state index in [1.54, 1.807) is 0 Å². The van der Waals surface area contributed by atoms with Gasteiger partial charge in [0.15, 0.2) is 0 Å². The second-order valence-electron chi connectivity index (χ2n) is 8.95. The Morgan fingerprint density at radius 2 is 1.60 bits per heavy atom. The van der Waals surface area contributed by atoms with Gasteiger partial charge in [-0.05, 0) is 73.5 Å². The molecule has 5 rings (SSSR count). The molecule has 3 aliphatic heterocycles. The molecule has 2 aromatic carbocycles. The van der Waals surface area contributed by atoms with E-state index in [1.807, 2.05) is 0 Å². The lowest BCUT2D eigenvalue weighted by atomic mass is 9.92. The van der Waals surface area contributed by atoms with Gasteiger partial charge in [-0.3, -0.25) is 4.90 Å². The van der Waals surface area contributed by atoms with Crippen LogP contribution in [0, 0.1) is 0 Å². The van der Waals surface area contributed by atoms with E-state index in [-0.39, 0.29) is 18.7 Å². The Kier molecular flexibility index (Phi) is 5.68. The highest BCUT2D eigenvalue weighted by molar-refractivity contribution is 5.45. The summed E-state index contributed by atoms with van der Waals surface area (Å²) in [6.45, 7) is 2.79. The van der Waals surface area contributed by atoms with E-state index in [2.05, 4.69) is 53.7 Å². The van der Waals surface area contributed by atoms with Crippen LogP contribution in [0.1, 0.15) is 47.6 Å². The van der Waals surface area contributed by atoms with Gasteiger partial charge >= 0.3 is 0 Å². The molecule has 0 unspecified atom stereocenters. The first kappa shape index (κ1) is 19.9. The Morgan fingerprint density at radius 1 is 1.00 bits per heavy atom. The number of ether oxygens (including phenoxy) is 2. The van der Waals surface area contributed by atoms with Crippen molar-refractivity contribution < 1.29 is 14.6 Å². The van der Waals surface area contributed by atoms with Crippen LogP contribution in [0.5, 0.6) is 11.5 Å². The summed E-state index contributed by atoms with van der Waals surface area (Å²) >= 11 is 0. The van der Waals surface area contributed by atoms with E-state index in [9.17, 15) is 5.11 Å². The predicted molar refractivity (Wildman–Crippen MR) is 117 cm³/mol. The number of likely N-dealkylation sites (N-methyl/N-ethyl adjacent to an activating group) is 1. The SMILES string of the molecule is CN1C[C@H](NC(c2ccc3c(c2)CCCO3)c2ccc3c(c2)CCCO3)C[C@@H]1CO. The highest BCUT2D eigenvalue weighted by atomic mass is 16.5. The smallest absolute Gasteiger partial charge is 0.122 e. The van der Waals surface area contributed by atoms with E-state index in [0.29, 0.717) is 6.04 Å². The van der Waals surface area contributed by atoms with E-state index >= 15 is 0 Å². The predicted octanol–water partition coefficient (Wildman–Crippen LogP) is 3.08. The number of hydrogen-bond acceptors (Lipinski definition) is 5. The van der Waals surface area contributed by atoms with Gasteiger partial charge in [-0.25, -0.2) is 0 Å². The summed E-state index contributed by atoms with van der Waals surface area (Å²) in [5.74, 6) is 2.06. The maximum atomic E-state index is 9.69. The van der Waals surface area contributed by atoms with Crippen molar-refractivity contribution in [1.29, 1.82) is 0 Å². The number of rotatable bonds is 5. The van der Waals surface area contributed by atoms with E-state index in [4.69, 9.17) is 9.47 Å². The van der Waals surface area contributed by atoms with Gasteiger partial charge in [-0.2, -0.15) is 0 Å². The van der Waals surface area contributed by atoms with E-state index in [0.717, 1.165) is 63.4 Å². The number of likely N-dealkylation sites (tertiary alicyclic amines) is 1. The molecular weight excluding hydrogens is 376 g/mol. The molecule has 2 aromatic rings. The molecular formula is C25H32N2O3. The van der Waals surface area contributed by atoms with Crippen molar-refractivity contribution in [1.82, 2.24) is 10.2 Å². The van der Waals surface area contributed by atoms with Gasteiger partial charge in [0, 0.05) is 18.6 Å². The summed E-state index contributed by atoms with van der Waals surface area (Å²) in [6.07, 6.45) is 5.28. The van der Waals surface area contributed by atoms with Gasteiger partial charge in [-0.1, -0.05) is 24.3 Å². The van der Waals surface area contributed by atoms with Crippen molar-refractivity contribution >= 4 is 0 Å². The molecule has 160 valence electrons. The molecule has 0 aliphatic carbocycles. The number of benzene rings is 2. The second-order valence-corrected chi connectivity index (χ2v) is 8.95. The third-order valence-electron chi connectivity index (χ3n) is 6.83. The highest BCUT2D eigenvalue weighted by Crippen LogP contribution is 2.34. The summed E-state index contributed by atoms with van der Waals surface area (Å²) in [5.41, 5.74) is 5.18. The Balaban J connectivity index is 1.48. The topological polar surface area (TPSA) is 54.0 Å². The zero-order chi connectivity index (χ0) is 20.5. The minimum atomic E-state index is 0.111. The molecule has 2 N–H and O–H groups in total. The first-order valence-corrected chi connectivity index (χ1v) is 11.3. The molecule has 0 radical (unpaired) electrons. The van der Waals surface area contributed by atoms with E-state index < -0.39 is 0 Å². The van der Waals surface area contributed by atoms with Crippen LogP contribution in [0.3, 0.4) is 0 Å². The third-order valence-corrected chi connectivity index (χ3v) is 6.83. The number of nitrogens with zero attached hydrogens (tertiary/aromatic N) is 1. The number of fused-ring (bicyclic) bond motifs is 2. The van der Waals surface area contributed by atoms with Crippen molar-refractivity contribution in [3.63, 3.8) is 0 Å². The van der Waals surface area contributed by atoms with Crippen LogP contribution in [-0.2, 0) is 12.8 Å². The fourth-order valence-corrected chi connectivity index (χ4v) is 5.15. The normalized spacial score (nSPS) is 23.6. The molecule has 0 spiro atoms. The van der Waals surface area contributed by atoms with Crippen LogP contribution < -0.4 is 14.8 Å². The van der Waals surface area contributed by atoms with Crippen LogP contribution in [-0.4, -0.2) is 55.5 Å². The van der Waals surface area contributed by atoms with Crippen molar-refractivity contribution in [2.24, 2.45) is 0 Å². The molecule has 3 aliphatic rings. The Hall–Kier alpha value is -2.08. The molecule has 0 aromatic heterocycles. The zero-order valence-corrected chi connectivity index (χ0v) is 17.8. The zero-order valence-electron chi connectivity index (χ0n) is 17.8. The minimum absolute atomic E-state index is 0.111. The van der Waals surface area contributed by atoms with Gasteiger partial charge in [-0.15, -0.1) is 0 Å². The Labute approximate surface area is 179 Å². The average Bonchev–Trinajstić information content (AvgIpc) is 3.16. The second kappa shape index (κ2) is 8.58. The Morgan fingerprint density at radius 3 is 2.13 bits per heavy atom. The van der Waals surface area contributed by atoms with Crippen LogP contribution in [0.4, 0.5) is 0 Å². The molecule has 1 fully saturated rings. The fraction of sp³-hybridized carbons (Fsp3) is 0.520. The fourth-order valence-electron chi connectivity index (χ4n) is 5.15. The molecule has 1 saturated heterocycles. The van der Waals surface area contributed by atoms with Crippen LogP contribution in [0.25, 0.3) is 0 Å². The Bertz CT molecular complexity index is 840. The summed E-state index contributed by atoms with van der Waals surface area (Å²) in [7, 11) is 2.10. The van der Waals surface area contributed by atoms with Crippen molar-refractivity contribution in [2.45, 2.75) is 50.2 Å². The number of aryl methyl sites for hydroxylation is 2. The highest BCUT2D eigenvalue weighted by Gasteiger charge is 2.31. The van der Waals surface area contributed by atoms with Crippen molar-refractivity contribution in [3.8, 4) is 11.5 Å². The first-order valence-electron chi connectivity index (χ1n) is 11.3. The molecule has 5 heteroatoms. The molecule has 0 saturated carbocycles. The lowest BCUT2D eigenvalue weighted by Crippen LogP contribution is -2.35. The maximum absolute atomic E-state index is 9.69. The lowest BCUT2D eigenvalue weighted by molar-refractivity contribution is 0.182. The molecule has 3 heterocycles. The molecule has 2 atom stereocenters. The quantitative estimate of drug-likeness (QED) is 0.796. The minimum Gasteiger partial charge on any atom is -0.493 e. The average molecular weight is 409 g/mol. The monoisotopic (exact) mass is 408 g/mol. The van der Waals surface area contributed by atoms with Gasteiger partial charge in [0.2, 0.25) is 0 Å². The largest absolute Gasteiger partial charge is 0.493 e. The maximum Gasteiger partial charge on any atom is 0.122 e. The van der Waals surface area contributed by atoms with Gasteiger partial charge in [0.1, 0.15) is 11.5 Å². The van der Waals surface area contributed by atoms with Gasteiger partial charge in [0.05, 0.1) is 25.9 Å². The van der Waals surface area contributed by atoms with E-state index in [1.165, 1.54) is 22.3 Å². The summed E-state index contributed by atoms with van der Waals surface area (Å²) in [4.78, 5) is 2.26. The number of aliphatic hydroxyl groups excluding tert-OH is 1. The standard InChI is InChI=1S/C25H32N2O3/c1-27-15-21(14-22(27)16-28)26-25(19-6-8-23-17(12-19)4-2-10-29-23)20-7-9-24-18(13-20)5-3-11-30-24/h6-9,12-13,21-22,25-26,28H,2-5,10-11,14-16H2,1H3/t21-,22-/m1/s1. The summed E-state index contributed by atoms with van der Waals surface area (Å²) < 4.78 is 11.7. The van der Waals surface area contributed by atoms with Crippen molar-refractivity contribution in [2.75, 3.05) is 33.4 Å². The van der Waals surface area contributed by atoms with Crippen LogP contribution >= 0.6 is 0 Å². The third kappa shape index (κ3) is 3.94.